The Labute approximate surface area is 177 Å². The summed E-state index contributed by atoms with van der Waals surface area (Å²) >= 11 is 0. The molecule has 0 spiro atoms. The fraction of sp³-hybridized carbons (Fsp3) is 0.200. The average Bonchev–Trinajstić information content (AvgIpc) is 3.44. The Kier molecular flexibility index (Phi) is 5.46. The van der Waals surface area contributed by atoms with Gasteiger partial charge in [-0.2, -0.15) is 5.10 Å². The van der Waals surface area contributed by atoms with Gasteiger partial charge in [0.15, 0.2) is 0 Å². The number of benzene rings is 2. The molecule has 0 radical (unpaired) electrons. The van der Waals surface area contributed by atoms with Crippen molar-refractivity contribution < 1.29 is 22.0 Å². The Morgan fingerprint density at radius 2 is 1.84 bits per heavy atom. The molecular weight excluding hydrogens is 428 g/mol. The standard InChI is InChI=1S/C20H19F2N5O3S/c1-27-11-17(19(25-27)16-9-2-12(21)10-18(16)22)20(28)24-23-13-5-7-15(8-6-13)31(29,30)26-14-3-4-14/h2,5-11,14,23,26H,3-4H2,1H3,(H,24,28). The number of anilines is 1. The van der Waals surface area contributed by atoms with Crippen molar-refractivity contribution in [2.45, 2.75) is 23.8 Å². The van der Waals surface area contributed by atoms with Gasteiger partial charge < -0.3 is 0 Å². The third-order valence-electron chi connectivity index (χ3n) is 4.64. The third-order valence-corrected chi connectivity index (χ3v) is 6.18. The fourth-order valence-corrected chi connectivity index (χ4v) is 4.24. The quantitative estimate of drug-likeness (QED) is 0.483. The van der Waals surface area contributed by atoms with E-state index in [4.69, 9.17) is 0 Å². The molecule has 0 aliphatic heterocycles. The molecular formula is C20H19F2N5O3S. The predicted octanol–water partition coefficient (Wildman–Crippen LogP) is 2.56. The number of sulfonamides is 1. The summed E-state index contributed by atoms with van der Waals surface area (Å²) in [5.41, 5.74) is 5.72. The molecule has 31 heavy (non-hydrogen) atoms. The highest BCUT2D eigenvalue weighted by Gasteiger charge is 2.28. The second-order valence-electron chi connectivity index (χ2n) is 7.19. The number of amides is 1. The minimum atomic E-state index is -3.57. The van der Waals surface area contributed by atoms with Gasteiger partial charge in [0.25, 0.3) is 5.91 Å². The Bertz CT molecular complexity index is 1240. The van der Waals surface area contributed by atoms with Gasteiger partial charge in [0.1, 0.15) is 17.3 Å². The average molecular weight is 447 g/mol. The lowest BCUT2D eigenvalue weighted by Gasteiger charge is -2.10. The number of halogens is 2. The van der Waals surface area contributed by atoms with Crippen LogP contribution in [0.5, 0.6) is 0 Å². The predicted molar refractivity (Wildman–Crippen MR) is 109 cm³/mol. The Hall–Kier alpha value is -3.31. The molecule has 1 amide bonds. The number of hydrazine groups is 1. The van der Waals surface area contributed by atoms with Crippen molar-refractivity contribution in [3.05, 3.63) is 65.9 Å². The molecule has 11 heteroatoms. The van der Waals surface area contributed by atoms with Crippen LogP contribution in [0.2, 0.25) is 0 Å². The molecule has 1 fully saturated rings. The van der Waals surface area contributed by atoms with Gasteiger partial charge in [-0.05, 0) is 49.2 Å². The van der Waals surface area contributed by atoms with Crippen LogP contribution >= 0.6 is 0 Å². The summed E-state index contributed by atoms with van der Waals surface area (Å²) in [6, 6.07) is 8.87. The summed E-state index contributed by atoms with van der Waals surface area (Å²) in [4.78, 5) is 12.8. The summed E-state index contributed by atoms with van der Waals surface area (Å²) in [6.07, 6.45) is 3.08. The van der Waals surface area contributed by atoms with E-state index >= 15 is 0 Å². The molecule has 1 aromatic heterocycles. The van der Waals surface area contributed by atoms with Gasteiger partial charge >= 0.3 is 0 Å². The van der Waals surface area contributed by atoms with Gasteiger partial charge in [-0.25, -0.2) is 21.9 Å². The summed E-state index contributed by atoms with van der Waals surface area (Å²) in [5, 5.41) is 4.11. The number of aromatic nitrogens is 2. The van der Waals surface area contributed by atoms with Gasteiger partial charge in [0, 0.05) is 30.9 Å². The molecule has 4 rings (SSSR count). The van der Waals surface area contributed by atoms with Gasteiger partial charge in [-0.1, -0.05) is 0 Å². The first-order chi connectivity index (χ1) is 14.7. The van der Waals surface area contributed by atoms with Crippen molar-refractivity contribution in [2.24, 2.45) is 7.05 Å². The van der Waals surface area contributed by atoms with E-state index in [1.807, 2.05) is 0 Å². The van der Waals surface area contributed by atoms with Crippen LogP contribution in [0.1, 0.15) is 23.2 Å². The fourth-order valence-electron chi connectivity index (χ4n) is 2.94. The number of nitrogens with one attached hydrogen (secondary N) is 3. The zero-order valence-corrected chi connectivity index (χ0v) is 17.2. The normalized spacial score (nSPS) is 13.8. The second kappa shape index (κ2) is 8.08. The Morgan fingerprint density at radius 1 is 1.13 bits per heavy atom. The molecule has 1 heterocycles. The van der Waals surface area contributed by atoms with Crippen molar-refractivity contribution in [2.75, 3.05) is 5.43 Å². The molecule has 0 bridgehead atoms. The van der Waals surface area contributed by atoms with Gasteiger partial charge in [0.05, 0.1) is 16.1 Å². The topological polar surface area (TPSA) is 105 Å². The van der Waals surface area contributed by atoms with Crippen molar-refractivity contribution in [1.29, 1.82) is 0 Å². The lowest BCUT2D eigenvalue weighted by atomic mass is 10.1. The van der Waals surface area contributed by atoms with E-state index in [2.05, 4.69) is 20.7 Å². The van der Waals surface area contributed by atoms with Crippen molar-refractivity contribution >= 4 is 21.6 Å². The van der Waals surface area contributed by atoms with Crippen LogP contribution in [-0.4, -0.2) is 30.1 Å². The van der Waals surface area contributed by atoms with Crippen LogP contribution in [0.3, 0.4) is 0 Å². The smallest absolute Gasteiger partial charge is 0.273 e. The zero-order chi connectivity index (χ0) is 22.2. The molecule has 0 unspecified atom stereocenters. The molecule has 8 nitrogen and oxygen atoms in total. The molecule has 1 aliphatic carbocycles. The first-order valence-electron chi connectivity index (χ1n) is 9.41. The molecule has 162 valence electrons. The van der Waals surface area contributed by atoms with Crippen LogP contribution in [0.25, 0.3) is 11.3 Å². The first-order valence-corrected chi connectivity index (χ1v) is 10.9. The Morgan fingerprint density at radius 3 is 2.48 bits per heavy atom. The van der Waals surface area contributed by atoms with E-state index in [1.165, 1.54) is 41.2 Å². The highest BCUT2D eigenvalue weighted by molar-refractivity contribution is 7.89. The molecule has 0 atom stereocenters. The van der Waals surface area contributed by atoms with E-state index in [0.29, 0.717) is 5.69 Å². The summed E-state index contributed by atoms with van der Waals surface area (Å²) in [7, 11) is -1.99. The van der Waals surface area contributed by atoms with E-state index in [9.17, 15) is 22.0 Å². The highest BCUT2D eigenvalue weighted by Crippen LogP contribution is 2.26. The lowest BCUT2D eigenvalue weighted by molar-refractivity contribution is 0.0963. The third kappa shape index (κ3) is 4.72. The van der Waals surface area contributed by atoms with E-state index in [1.54, 1.807) is 7.05 Å². The highest BCUT2D eigenvalue weighted by atomic mass is 32.2. The zero-order valence-electron chi connectivity index (χ0n) is 16.4. The van der Waals surface area contributed by atoms with Crippen molar-refractivity contribution in [3.63, 3.8) is 0 Å². The van der Waals surface area contributed by atoms with E-state index < -0.39 is 27.6 Å². The van der Waals surface area contributed by atoms with Crippen LogP contribution < -0.4 is 15.6 Å². The number of nitrogens with zero attached hydrogens (tertiary/aromatic N) is 2. The van der Waals surface area contributed by atoms with Crippen molar-refractivity contribution in [3.8, 4) is 11.3 Å². The molecule has 3 N–H and O–H groups in total. The first kappa shape index (κ1) is 20.9. The molecule has 0 saturated heterocycles. The van der Waals surface area contributed by atoms with Gasteiger partial charge in [-0.15, -0.1) is 0 Å². The summed E-state index contributed by atoms with van der Waals surface area (Å²) in [5.74, 6) is -2.17. The molecule has 2 aromatic carbocycles. The molecule has 1 aliphatic rings. The minimum Gasteiger partial charge on any atom is -0.298 e. The van der Waals surface area contributed by atoms with Gasteiger partial charge in [-0.3, -0.25) is 20.3 Å². The Balaban J connectivity index is 1.47. The maximum Gasteiger partial charge on any atom is 0.273 e. The van der Waals surface area contributed by atoms with Crippen LogP contribution in [-0.2, 0) is 17.1 Å². The van der Waals surface area contributed by atoms with E-state index in [-0.39, 0.29) is 27.8 Å². The number of hydrogen-bond donors (Lipinski definition) is 3. The number of hydrogen-bond acceptors (Lipinski definition) is 5. The van der Waals surface area contributed by atoms with Crippen LogP contribution in [0.15, 0.2) is 53.6 Å². The largest absolute Gasteiger partial charge is 0.298 e. The lowest BCUT2D eigenvalue weighted by Crippen LogP contribution is -2.29. The van der Waals surface area contributed by atoms with Crippen molar-refractivity contribution in [1.82, 2.24) is 19.9 Å². The van der Waals surface area contributed by atoms with Gasteiger partial charge in [0.2, 0.25) is 10.0 Å². The van der Waals surface area contributed by atoms with Crippen LogP contribution in [0.4, 0.5) is 14.5 Å². The summed E-state index contributed by atoms with van der Waals surface area (Å²) < 4.78 is 55.7. The minimum absolute atomic E-state index is 0.00158. The number of carbonyl (C=O) groups excluding carboxylic acids is 1. The maximum atomic E-state index is 14.2. The maximum absolute atomic E-state index is 14.2. The SMILES string of the molecule is Cn1cc(C(=O)NNc2ccc(S(=O)(=O)NC3CC3)cc2)c(-c2ccc(F)cc2F)n1. The monoisotopic (exact) mass is 447 g/mol. The summed E-state index contributed by atoms with van der Waals surface area (Å²) in [6.45, 7) is 0. The second-order valence-corrected chi connectivity index (χ2v) is 8.90. The number of carbonyl (C=O) groups is 1. The van der Waals surface area contributed by atoms with Crippen LogP contribution in [0, 0.1) is 11.6 Å². The number of aryl methyl sites for hydroxylation is 1. The van der Waals surface area contributed by atoms with E-state index in [0.717, 1.165) is 25.0 Å². The molecule has 3 aromatic rings. The molecule has 1 saturated carbocycles. The number of rotatable bonds is 7.